The number of hydrogen-bond donors (Lipinski definition) is 2. The highest BCUT2D eigenvalue weighted by molar-refractivity contribution is 6.31. The first kappa shape index (κ1) is 42.0. The van der Waals surface area contributed by atoms with Gasteiger partial charge in [-0.3, -0.25) is 0 Å². The number of methoxy groups -OCH3 is 3. The third-order valence-electron chi connectivity index (χ3n) is 11.1. The van der Waals surface area contributed by atoms with Gasteiger partial charge in [0.15, 0.2) is 0 Å². The van der Waals surface area contributed by atoms with Crippen LogP contribution in [0.25, 0.3) is 12.2 Å². The van der Waals surface area contributed by atoms with Crippen LogP contribution < -0.4 is 14.2 Å². The number of halogens is 1. The summed E-state index contributed by atoms with van der Waals surface area (Å²) in [6.07, 6.45) is 9.16. The van der Waals surface area contributed by atoms with Crippen LogP contribution in [0.4, 0.5) is 0 Å². The zero-order valence-corrected chi connectivity index (χ0v) is 34.4. The van der Waals surface area contributed by atoms with Gasteiger partial charge in [0.2, 0.25) is 0 Å². The van der Waals surface area contributed by atoms with Crippen LogP contribution in [0, 0.1) is 11.8 Å². The van der Waals surface area contributed by atoms with Crippen molar-refractivity contribution in [3.63, 3.8) is 0 Å². The molecular weight excluding hydrogens is 708 g/mol. The molecule has 4 atom stereocenters. The average Bonchev–Trinajstić information content (AvgIpc) is 3.62. The van der Waals surface area contributed by atoms with Gasteiger partial charge in [-0.2, -0.15) is 0 Å². The van der Waals surface area contributed by atoms with E-state index >= 15 is 0 Å². The molecule has 4 aromatic rings. The molecule has 8 heteroatoms. The van der Waals surface area contributed by atoms with E-state index in [2.05, 4.69) is 56.2 Å². The monoisotopic (exact) mass is 766 g/mol. The fourth-order valence-electron chi connectivity index (χ4n) is 8.20. The molecule has 0 aromatic heterocycles. The molecule has 2 saturated carbocycles. The van der Waals surface area contributed by atoms with E-state index in [1.807, 2.05) is 91.0 Å². The molecule has 2 aliphatic carbocycles. The molecule has 294 valence electrons. The molecule has 2 aliphatic rings. The predicted molar refractivity (Wildman–Crippen MR) is 226 cm³/mol. The predicted octanol–water partition coefficient (Wildman–Crippen LogP) is 8.71. The summed E-state index contributed by atoms with van der Waals surface area (Å²) in [6.45, 7) is 1.71. The first-order chi connectivity index (χ1) is 26.4. The number of ether oxygens (including phenoxy) is 3. The van der Waals surface area contributed by atoms with E-state index in [0.717, 1.165) is 89.4 Å². The Labute approximate surface area is 333 Å². The third kappa shape index (κ3) is 10.8. The SMILES string of the molecule is COc1ccc(C=C2CCC(CN(C)C)C2(O)Cc2cccc(OC)c2)cc1.COc1ccc(C=C2CCC(CN(C)C)C2(O)Cc2ccccc2Cl)cc1. The summed E-state index contributed by atoms with van der Waals surface area (Å²) in [5, 5.41) is 24.4. The molecule has 4 unspecified atom stereocenters. The van der Waals surface area contributed by atoms with Crippen molar-refractivity contribution in [1.29, 1.82) is 0 Å². The van der Waals surface area contributed by atoms with Crippen molar-refractivity contribution in [2.24, 2.45) is 11.8 Å². The summed E-state index contributed by atoms with van der Waals surface area (Å²) in [4.78, 5) is 4.32. The van der Waals surface area contributed by atoms with Gasteiger partial charge in [0, 0.05) is 42.8 Å². The van der Waals surface area contributed by atoms with Crippen LogP contribution in [0.3, 0.4) is 0 Å². The second-order valence-electron chi connectivity index (χ2n) is 15.5. The Kier molecular flexibility index (Phi) is 14.6. The van der Waals surface area contributed by atoms with Crippen molar-refractivity contribution < 1.29 is 24.4 Å². The minimum Gasteiger partial charge on any atom is -0.497 e. The van der Waals surface area contributed by atoms with Gasteiger partial charge in [-0.1, -0.05) is 78.4 Å². The van der Waals surface area contributed by atoms with Crippen LogP contribution in [-0.4, -0.2) is 93.8 Å². The maximum absolute atomic E-state index is 11.9. The summed E-state index contributed by atoms with van der Waals surface area (Å²) in [5.41, 5.74) is 4.68. The molecule has 0 heterocycles. The second kappa shape index (κ2) is 19.2. The molecule has 4 aromatic carbocycles. The summed E-state index contributed by atoms with van der Waals surface area (Å²) in [5.74, 6) is 2.86. The maximum atomic E-state index is 11.9. The van der Waals surface area contributed by atoms with Gasteiger partial charge in [-0.15, -0.1) is 0 Å². The van der Waals surface area contributed by atoms with E-state index in [-0.39, 0.29) is 11.8 Å². The van der Waals surface area contributed by atoms with Gasteiger partial charge >= 0.3 is 0 Å². The lowest BCUT2D eigenvalue weighted by molar-refractivity contribution is 0.0254. The Balaban J connectivity index is 0.000000211. The number of nitrogens with zero attached hydrogens (tertiary/aromatic N) is 2. The van der Waals surface area contributed by atoms with E-state index in [1.54, 1.807) is 21.3 Å². The Morgan fingerprint density at radius 2 is 1.09 bits per heavy atom. The lowest BCUT2D eigenvalue weighted by Gasteiger charge is -2.34. The second-order valence-corrected chi connectivity index (χ2v) is 15.9. The topological polar surface area (TPSA) is 74.6 Å². The van der Waals surface area contributed by atoms with E-state index < -0.39 is 11.2 Å². The van der Waals surface area contributed by atoms with Crippen LogP contribution in [0.5, 0.6) is 17.2 Å². The zero-order valence-electron chi connectivity index (χ0n) is 33.6. The minimum absolute atomic E-state index is 0.174. The van der Waals surface area contributed by atoms with E-state index in [0.29, 0.717) is 17.9 Å². The van der Waals surface area contributed by atoms with E-state index in [1.165, 1.54) is 0 Å². The molecule has 0 saturated heterocycles. The van der Waals surface area contributed by atoms with E-state index in [9.17, 15) is 10.2 Å². The first-order valence-corrected chi connectivity index (χ1v) is 19.6. The van der Waals surface area contributed by atoms with Gasteiger partial charge in [0.1, 0.15) is 17.2 Å². The summed E-state index contributed by atoms with van der Waals surface area (Å²) in [6, 6.07) is 31.8. The molecule has 2 N–H and O–H groups in total. The highest BCUT2D eigenvalue weighted by Crippen LogP contribution is 2.46. The average molecular weight is 767 g/mol. The van der Waals surface area contributed by atoms with Crippen LogP contribution in [0.15, 0.2) is 108 Å². The smallest absolute Gasteiger partial charge is 0.119 e. The molecular formula is C47H59ClN2O5. The van der Waals surface area contributed by atoms with Crippen molar-refractivity contribution in [2.75, 3.05) is 62.6 Å². The van der Waals surface area contributed by atoms with Crippen molar-refractivity contribution >= 4 is 23.8 Å². The van der Waals surface area contributed by atoms with Crippen LogP contribution in [-0.2, 0) is 12.8 Å². The first-order valence-electron chi connectivity index (χ1n) is 19.2. The van der Waals surface area contributed by atoms with E-state index in [4.69, 9.17) is 25.8 Å². The number of benzene rings is 4. The Morgan fingerprint density at radius 3 is 1.55 bits per heavy atom. The fourth-order valence-corrected chi connectivity index (χ4v) is 8.40. The van der Waals surface area contributed by atoms with Gasteiger partial charge < -0.3 is 34.2 Å². The lowest BCUT2D eigenvalue weighted by Crippen LogP contribution is -2.42. The molecule has 55 heavy (non-hydrogen) atoms. The van der Waals surface area contributed by atoms with Crippen LogP contribution in [0.1, 0.15) is 47.9 Å². The number of rotatable bonds is 13. The normalized spacial score (nSPS) is 23.6. The van der Waals surface area contributed by atoms with Gasteiger partial charge in [-0.05, 0) is 130 Å². The molecule has 0 spiro atoms. The number of aliphatic hydroxyl groups is 2. The molecule has 7 nitrogen and oxygen atoms in total. The van der Waals surface area contributed by atoms with Crippen molar-refractivity contribution in [3.05, 3.63) is 135 Å². The minimum atomic E-state index is -0.894. The van der Waals surface area contributed by atoms with Gasteiger partial charge in [-0.25, -0.2) is 0 Å². The molecule has 0 amide bonds. The molecule has 2 fully saturated rings. The van der Waals surface area contributed by atoms with Crippen LogP contribution >= 0.6 is 11.6 Å². The quantitative estimate of drug-likeness (QED) is 0.141. The van der Waals surface area contributed by atoms with Gasteiger partial charge in [0.25, 0.3) is 0 Å². The van der Waals surface area contributed by atoms with Crippen molar-refractivity contribution in [1.82, 2.24) is 9.80 Å². The Bertz CT molecular complexity index is 1890. The summed E-state index contributed by atoms with van der Waals surface area (Å²) < 4.78 is 15.9. The molecule has 6 rings (SSSR count). The third-order valence-corrected chi connectivity index (χ3v) is 11.5. The van der Waals surface area contributed by atoms with Gasteiger partial charge in [0.05, 0.1) is 32.5 Å². The van der Waals surface area contributed by atoms with Crippen LogP contribution in [0.2, 0.25) is 5.02 Å². The molecule has 0 radical (unpaired) electrons. The highest BCUT2D eigenvalue weighted by Gasteiger charge is 2.46. The number of hydrogen-bond acceptors (Lipinski definition) is 7. The Hall–Kier alpha value is -4.11. The summed E-state index contributed by atoms with van der Waals surface area (Å²) in [7, 11) is 13.3. The van der Waals surface area contributed by atoms with Crippen molar-refractivity contribution in [3.8, 4) is 17.2 Å². The summed E-state index contributed by atoms with van der Waals surface area (Å²) >= 11 is 6.40. The lowest BCUT2D eigenvalue weighted by atomic mass is 9.81. The molecule has 0 bridgehead atoms. The zero-order chi connectivity index (χ0) is 39.6. The highest BCUT2D eigenvalue weighted by atomic mass is 35.5. The Morgan fingerprint density at radius 1 is 0.618 bits per heavy atom. The maximum Gasteiger partial charge on any atom is 0.119 e. The standard InChI is InChI=1S/C24H31NO3.C23H28ClNO2/c1-25(2)17-21-11-10-20(14-18-8-12-22(27-3)13-9-18)24(21,26)16-19-6-5-7-23(15-19)28-4;1-25(2)16-20-11-10-19(14-17-8-12-21(27-3)13-9-17)23(20,26)15-18-6-4-5-7-22(18)24/h5-9,12-15,21,26H,10-11,16-17H2,1-4H3;4-9,12-14,20,26H,10-11,15-16H2,1-3H3. The largest absolute Gasteiger partial charge is 0.497 e. The fraction of sp³-hybridized carbons (Fsp3) is 0.404. The molecule has 0 aliphatic heterocycles. The van der Waals surface area contributed by atoms with Crippen molar-refractivity contribution in [2.45, 2.75) is 49.7 Å².